The summed E-state index contributed by atoms with van der Waals surface area (Å²) in [4.78, 5) is 21.1. The average molecular weight is 348 g/mol. The van der Waals surface area contributed by atoms with Gasteiger partial charge in [0.2, 0.25) is 0 Å². The first kappa shape index (κ1) is 15.9. The Labute approximate surface area is 140 Å². The Hall–Kier alpha value is -1.99. The number of methoxy groups -OCH3 is 1. The zero-order valence-corrected chi connectivity index (χ0v) is 14.1. The van der Waals surface area contributed by atoms with Crippen LogP contribution in [0.25, 0.3) is 21.3 Å². The Morgan fingerprint density at radius 2 is 2.04 bits per heavy atom. The number of halogens is 1. The fourth-order valence-corrected chi connectivity index (χ4v) is 4.10. The minimum absolute atomic E-state index is 0.279. The molecule has 4 nitrogen and oxygen atoms in total. The van der Waals surface area contributed by atoms with Gasteiger partial charge in [-0.15, -0.1) is 11.3 Å². The fraction of sp³-hybridized carbons (Fsp3) is 0.188. The summed E-state index contributed by atoms with van der Waals surface area (Å²) < 4.78 is 17.9. The third-order valence-corrected chi connectivity index (χ3v) is 5.28. The second-order valence-electron chi connectivity index (χ2n) is 4.80. The number of nitrogens with zero attached hydrogens (tertiary/aromatic N) is 2. The van der Waals surface area contributed by atoms with E-state index in [-0.39, 0.29) is 17.0 Å². The molecule has 118 valence electrons. The molecule has 23 heavy (non-hydrogen) atoms. The van der Waals surface area contributed by atoms with Gasteiger partial charge in [0.1, 0.15) is 27.3 Å². The monoisotopic (exact) mass is 348 g/mol. The summed E-state index contributed by atoms with van der Waals surface area (Å²) in [5, 5.41) is 3.19. The number of carbonyl (C=O) groups excluding carboxylic acids is 1. The number of thiophene rings is 1. The van der Waals surface area contributed by atoms with E-state index >= 15 is 0 Å². The number of carbonyl (C=O) groups is 1. The predicted octanol–water partition coefficient (Wildman–Crippen LogP) is 4.15. The number of hydrogen-bond acceptors (Lipinski definition) is 6. The molecule has 2 heterocycles. The van der Waals surface area contributed by atoms with Crippen molar-refractivity contribution in [3.05, 3.63) is 41.8 Å². The van der Waals surface area contributed by atoms with Crippen LogP contribution in [0.1, 0.15) is 6.92 Å². The van der Waals surface area contributed by atoms with E-state index in [1.807, 2.05) is 5.38 Å². The van der Waals surface area contributed by atoms with Gasteiger partial charge in [0.15, 0.2) is 0 Å². The first-order chi connectivity index (χ1) is 11.1. The van der Waals surface area contributed by atoms with E-state index in [0.717, 1.165) is 21.3 Å². The summed E-state index contributed by atoms with van der Waals surface area (Å²) in [6.45, 7) is 1.77. The van der Waals surface area contributed by atoms with Crippen molar-refractivity contribution < 1.29 is 13.9 Å². The van der Waals surface area contributed by atoms with Crippen LogP contribution in [0.2, 0.25) is 0 Å². The number of ether oxygens (including phenoxy) is 1. The van der Waals surface area contributed by atoms with Gasteiger partial charge >= 0.3 is 5.97 Å². The molecule has 1 aromatic carbocycles. The molecule has 2 aromatic heterocycles. The van der Waals surface area contributed by atoms with Gasteiger partial charge in [-0.25, -0.2) is 14.4 Å². The average Bonchev–Trinajstić information content (AvgIpc) is 3.00. The van der Waals surface area contributed by atoms with Crippen LogP contribution in [0.5, 0.6) is 0 Å². The SMILES string of the molecule is COC(=O)[C@@H](C)Sc1ncnc2scc(-c3ccc(F)cc3)c12. The van der Waals surface area contributed by atoms with Crippen LogP contribution >= 0.6 is 23.1 Å². The van der Waals surface area contributed by atoms with E-state index < -0.39 is 0 Å². The van der Waals surface area contributed by atoms with Gasteiger partial charge < -0.3 is 4.74 Å². The molecule has 0 saturated carbocycles. The molecule has 0 aliphatic carbocycles. The third-order valence-electron chi connectivity index (χ3n) is 3.31. The van der Waals surface area contributed by atoms with Crippen molar-refractivity contribution in [1.82, 2.24) is 9.97 Å². The van der Waals surface area contributed by atoms with Gasteiger partial charge in [-0.2, -0.15) is 0 Å². The van der Waals surface area contributed by atoms with Gasteiger partial charge in [0.05, 0.1) is 12.5 Å². The second kappa shape index (κ2) is 6.64. The van der Waals surface area contributed by atoms with E-state index in [4.69, 9.17) is 4.74 Å². The molecule has 0 amide bonds. The minimum atomic E-state index is -0.376. The van der Waals surface area contributed by atoms with E-state index in [9.17, 15) is 9.18 Å². The van der Waals surface area contributed by atoms with Gasteiger partial charge in [0.25, 0.3) is 0 Å². The largest absolute Gasteiger partial charge is 0.468 e. The molecule has 3 aromatic rings. The van der Waals surface area contributed by atoms with Gasteiger partial charge in [-0.05, 0) is 24.6 Å². The summed E-state index contributed by atoms with van der Waals surface area (Å²) in [6, 6.07) is 6.29. The lowest BCUT2D eigenvalue weighted by Crippen LogP contribution is -2.14. The van der Waals surface area contributed by atoms with E-state index in [1.54, 1.807) is 19.1 Å². The molecular formula is C16H13FN2O2S2. The molecular weight excluding hydrogens is 335 g/mol. The number of fused-ring (bicyclic) bond motifs is 1. The number of benzene rings is 1. The summed E-state index contributed by atoms with van der Waals surface area (Å²) >= 11 is 2.82. The Morgan fingerprint density at radius 1 is 1.30 bits per heavy atom. The van der Waals surface area contributed by atoms with Gasteiger partial charge in [-0.1, -0.05) is 23.9 Å². The van der Waals surface area contributed by atoms with Crippen molar-refractivity contribution in [2.45, 2.75) is 17.2 Å². The lowest BCUT2D eigenvalue weighted by atomic mass is 10.1. The van der Waals surface area contributed by atoms with Crippen LogP contribution in [-0.4, -0.2) is 28.3 Å². The first-order valence-corrected chi connectivity index (χ1v) is 8.58. The number of hydrogen-bond donors (Lipinski definition) is 0. The summed E-state index contributed by atoms with van der Waals surface area (Å²) in [6.07, 6.45) is 1.49. The molecule has 0 aliphatic rings. The Bertz CT molecular complexity index is 849. The second-order valence-corrected chi connectivity index (χ2v) is 6.99. The lowest BCUT2D eigenvalue weighted by Gasteiger charge is -2.09. The molecule has 7 heteroatoms. The number of aromatic nitrogens is 2. The van der Waals surface area contributed by atoms with Crippen molar-refractivity contribution in [2.24, 2.45) is 0 Å². The van der Waals surface area contributed by atoms with Crippen LogP contribution in [0.4, 0.5) is 4.39 Å². The molecule has 3 rings (SSSR count). The quantitative estimate of drug-likeness (QED) is 0.403. The highest BCUT2D eigenvalue weighted by atomic mass is 32.2. The molecule has 0 radical (unpaired) electrons. The number of esters is 1. The number of thioether (sulfide) groups is 1. The summed E-state index contributed by atoms with van der Waals surface area (Å²) in [5.41, 5.74) is 1.82. The van der Waals surface area contributed by atoms with Crippen molar-refractivity contribution in [2.75, 3.05) is 7.11 Å². The molecule has 0 spiro atoms. The topological polar surface area (TPSA) is 52.1 Å². The van der Waals surface area contributed by atoms with Gasteiger partial charge in [-0.3, -0.25) is 4.79 Å². The molecule has 0 unspecified atom stereocenters. The maximum absolute atomic E-state index is 13.1. The van der Waals surface area contributed by atoms with Crippen LogP contribution in [0, 0.1) is 5.82 Å². The first-order valence-electron chi connectivity index (χ1n) is 6.82. The zero-order valence-electron chi connectivity index (χ0n) is 12.4. The maximum Gasteiger partial charge on any atom is 0.318 e. The molecule has 0 saturated heterocycles. The lowest BCUT2D eigenvalue weighted by molar-refractivity contribution is -0.139. The molecule has 0 aliphatic heterocycles. The van der Waals surface area contributed by atoms with Crippen molar-refractivity contribution in [3.63, 3.8) is 0 Å². The van der Waals surface area contributed by atoms with Gasteiger partial charge in [0, 0.05) is 10.9 Å². The highest BCUT2D eigenvalue weighted by Crippen LogP contribution is 2.39. The van der Waals surface area contributed by atoms with Crippen molar-refractivity contribution >= 4 is 39.3 Å². The highest BCUT2D eigenvalue weighted by Gasteiger charge is 2.20. The van der Waals surface area contributed by atoms with Crippen LogP contribution in [-0.2, 0) is 9.53 Å². The predicted molar refractivity (Wildman–Crippen MR) is 90.1 cm³/mol. The maximum atomic E-state index is 13.1. The normalized spacial score (nSPS) is 12.3. The van der Waals surface area contributed by atoms with Crippen LogP contribution in [0.3, 0.4) is 0 Å². The minimum Gasteiger partial charge on any atom is -0.468 e. The van der Waals surface area contributed by atoms with Crippen molar-refractivity contribution in [3.8, 4) is 11.1 Å². The Balaban J connectivity index is 2.07. The van der Waals surface area contributed by atoms with Crippen LogP contribution in [0.15, 0.2) is 41.0 Å². The standard InChI is InChI=1S/C16H13FN2O2S2/c1-9(16(20)21-2)23-15-13-12(7-22-14(13)18-8-19-15)10-3-5-11(17)6-4-10/h3-9H,1-2H3/t9-/m1/s1. The number of rotatable bonds is 4. The fourth-order valence-electron chi connectivity index (χ4n) is 2.16. The van der Waals surface area contributed by atoms with Crippen molar-refractivity contribution in [1.29, 1.82) is 0 Å². The molecule has 1 atom stereocenters. The molecule has 0 bridgehead atoms. The van der Waals surface area contributed by atoms with E-state index in [1.165, 1.54) is 48.7 Å². The van der Waals surface area contributed by atoms with E-state index in [0.29, 0.717) is 5.03 Å². The molecule has 0 N–H and O–H groups in total. The summed E-state index contributed by atoms with van der Waals surface area (Å²) in [5.74, 6) is -0.584. The highest BCUT2D eigenvalue weighted by molar-refractivity contribution is 8.00. The van der Waals surface area contributed by atoms with Crippen LogP contribution < -0.4 is 0 Å². The Morgan fingerprint density at radius 3 is 2.74 bits per heavy atom. The summed E-state index contributed by atoms with van der Waals surface area (Å²) in [7, 11) is 1.36. The van der Waals surface area contributed by atoms with E-state index in [2.05, 4.69) is 9.97 Å². The zero-order chi connectivity index (χ0) is 16.4. The Kier molecular flexibility index (Phi) is 4.58. The smallest absolute Gasteiger partial charge is 0.318 e. The third kappa shape index (κ3) is 3.20. The molecule has 0 fully saturated rings.